The van der Waals surface area contributed by atoms with Crippen molar-refractivity contribution in [1.82, 2.24) is 19.2 Å². The van der Waals surface area contributed by atoms with E-state index < -0.39 is 27.8 Å². The van der Waals surface area contributed by atoms with Crippen molar-refractivity contribution < 1.29 is 17.6 Å². The van der Waals surface area contributed by atoms with Gasteiger partial charge < -0.3 is 9.47 Å². The number of anilines is 1. The first-order chi connectivity index (χ1) is 17.2. The van der Waals surface area contributed by atoms with Crippen LogP contribution in [0, 0.1) is 5.82 Å². The number of benzene rings is 1. The van der Waals surface area contributed by atoms with Gasteiger partial charge in [0, 0.05) is 35.6 Å². The van der Waals surface area contributed by atoms with Crippen molar-refractivity contribution in [3.63, 3.8) is 0 Å². The molecule has 0 bridgehead atoms. The molecule has 1 unspecified atom stereocenters. The maximum Gasteiger partial charge on any atom is 0.245 e. The Kier molecular flexibility index (Phi) is 7.01. The van der Waals surface area contributed by atoms with Gasteiger partial charge in [0.25, 0.3) is 0 Å². The van der Waals surface area contributed by atoms with Crippen molar-refractivity contribution in [3.05, 3.63) is 69.0 Å². The van der Waals surface area contributed by atoms with Gasteiger partial charge in [-0.25, -0.2) is 17.8 Å². The second-order valence-electron chi connectivity index (χ2n) is 8.88. The van der Waals surface area contributed by atoms with Crippen molar-refractivity contribution in [2.45, 2.75) is 32.4 Å². The molecule has 36 heavy (non-hydrogen) atoms. The summed E-state index contributed by atoms with van der Waals surface area (Å²) >= 11 is 7.20. The van der Waals surface area contributed by atoms with E-state index in [0.29, 0.717) is 22.1 Å². The maximum absolute atomic E-state index is 15.2. The summed E-state index contributed by atoms with van der Waals surface area (Å²) in [5.41, 5.74) is 1.24. The van der Waals surface area contributed by atoms with E-state index in [9.17, 15) is 13.2 Å². The average Bonchev–Trinajstić information content (AvgIpc) is 3.52. The summed E-state index contributed by atoms with van der Waals surface area (Å²) in [4.78, 5) is 21.7. The molecule has 0 radical (unpaired) electrons. The summed E-state index contributed by atoms with van der Waals surface area (Å²) in [6.07, 6.45) is 4.88. The maximum atomic E-state index is 15.2. The summed E-state index contributed by atoms with van der Waals surface area (Å²) in [6, 6.07) is 7.12. The molecule has 1 N–H and O–H groups in total. The van der Waals surface area contributed by atoms with Crippen LogP contribution in [0.15, 0.2) is 48.1 Å². The number of hydrogen-bond donors (Lipinski definition) is 1. The number of thiophene rings is 1. The monoisotopic (exact) mass is 549 g/mol. The average molecular weight is 550 g/mol. The molecule has 2 aromatic heterocycles. The zero-order chi connectivity index (χ0) is 25.4. The van der Waals surface area contributed by atoms with Crippen LogP contribution in [0.4, 0.5) is 10.1 Å². The van der Waals surface area contributed by atoms with Gasteiger partial charge in [-0.3, -0.25) is 9.69 Å². The van der Waals surface area contributed by atoms with Crippen molar-refractivity contribution in [1.29, 1.82) is 0 Å². The van der Waals surface area contributed by atoms with Gasteiger partial charge in [-0.15, -0.1) is 11.3 Å². The van der Waals surface area contributed by atoms with E-state index >= 15 is 4.39 Å². The topological polar surface area (TPSA) is 87.5 Å². The molecule has 2 aliphatic heterocycles. The SMILES string of the molecule is CC(=CS(=O)(=O)NC1CCN(c2ccc(-n3ccnc3CN3CCC3)cc2F)C1=O)c1ccc(Cl)s1. The number of nitrogens with one attached hydrogen (secondary N) is 1. The summed E-state index contributed by atoms with van der Waals surface area (Å²) in [7, 11) is -3.90. The highest BCUT2D eigenvalue weighted by atomic mass is 35.5. The number of rotatable bonds is 8. The minimum Gasteiger partial charge on any atom is -0.308 e. The van der Waals surface area contributed by atoms with Crippen LogP contribution in [0.25, 0.3) is 11.3 Å². The molecule has 1 aromatic carbocycles. The van der Waals surface area contributed by atoms with Crippen LogP contribution in [0.1, 0.15) is 30.5 Å². The standard InChI is InChI=1S/C24H25ClFN5O3S2/c1-16(21-5-6-22(25)35-21)15-36(33,34)28-19-7-11-31(24(19)32)20-4-3-17(13-18(20)26)30-12-8-27-23(30)14-29-9-2-10-29/h3-6,8,12-13,15,19,28H,2,7,9-11,14H2,1H3. The van der Waals surface area contributed by atoms with Crippen LogP contribution in [-0.4, -0.2) is 54.5 Å². The molecular formula is C24H25ClFN5O3S2. The molecule has 5 rings (SSSR count). The van der Waals surface area contributed by atoms with Crippen LogP contribution < -0.4 is 9.62 Å². The number of carbonyl (C=O) groups is 1. The van der Waals surface area contributed by atoms with Crippen LogP contribution >= 0.6 is 22.9 Å². The molecule has 1 atom stereocenters. The number of imidazole rings is 1. The van der Waals surface area contributed by atoms with Gasteiger partial charge in [-0.2, -0.15) is 4.72 Å². The first-order valence-corrected chi connectivity index (χ1v) is 14.3. The zero-order valence-electron chi connectivity index (χ0n) is 19.5. The third-order valence-corrected chi connectivity index (χ3v) is 8.98. The predicted octanol–water partition coefficient (Wildman–Crippen LogP) is 4.02. The molecule has 2 fully saturated rings. The molecule has 12 heteroatoms. The zero-order valence-corrected chi connectivity index (χ0v) is 21.9. The molecule has 0 saturated carbocycles. The van der Waals surface area contributed by atoms with Crippen LogP contribution in [0.5, 0.6) is 0 Å². The smallest absolute Gasteiger partial charge is 0.245 e. The molecule has 1 amide bonds. The second kappa shape index (κ2) is 10.1. The Morgan fingerprint density at radius 1 is 1.28 bits per heavy atom. The lowest BCUT2D eigenvalue weighted by Crippen LogP contribution is -2.41. The Bertz CT molecular complexity index is 1430. The van der Waals surface area contributed by atoms with E-state index in [1.54, 1.807) is 43.6 Å². The van der Waals surface area contributed by atoms with E-state index in [1.807, 2.05) is 4.57 Å². The highest BCUT2D eigenvalue weighted by molar-refractivity contribution is 7.92. The van der Waals surface area contributed by atoms with Crippen molar-refractivity contribution in [3.8, 4) is 5.69 Å². The molecule has 190 valence electrons. The highest BCUT2D eigenvalue weighted by Gasteiger charge is 2.36. The van der Waals surface area contributed by atoms with Gasteiger partial charge in [0.1, 0.15) is 17.7 Å². The fourth-order valence-electron chi connectivity index (χ4n) is 4.37. The number of amides is 1. The normalized spacial score (nSPS) is 19.2. The Hall–Kier alpha value is -2.57. The molecule has 0 aliphatic carbocycles. The van der Waals surface area contributed by atoms with E-state index in [-0.39, 0.29) is 18.7 Å². The van der Waals surface area contributed by atoms with Crippen molar-refractivity contribution in [2.24, 2.45) is 0 Å². The van der Waals surface area contributed by atoms with E-state index in [2.05, 4.69) is 14.6 Å². The number of nitrogens with zero attached hydrogens (tertiary/aromatic N) is 4. The minimum absolute atomic E-state index is 0.120. The van der Waals surface area contributed by atoms with Gasteiger partial charge in [-0.1, -0.05) is 11.6 Å². The fraction of sp³-hybridized carbons (Fsp3) is 0.333. The summed E-state index contributed by atoms with van der Waals surface area (Å²) in [6.45, 7) is 4.61. The Labute approximate surface area is 218 Å². The van der Waals surface area contributed by atoms with Gasteiger partial charge in [-0.05, 0) is 62.7 Å². The Morgan fingerprint density at radius 3 is 2.75 bits per heavy atom. The first-order valence-electron chi connectivity index (χ1n) is 11.5. The molecule has 3 aromatic rings. The molecule has 0 spiro atoms. The summed E-state index contributed by atoms with van der Waals surface area (Å²) < 4.78 is 45.3. The van der Waals surface area contributed by atoms with E-state index in [4.69, 9.17) is 11.6 Å². The number of halogens is 2. The quantitative estimate of drug-likeness (QED) is 0.458. The number of likely N-dealkylation sites (tertiary alicyclic amines) is 1. The number of carbonyl (C=O) groups excluding carboxylic acids is 1. The third kappa shape index (κ3) is 5.25. The Morgan fingerprint density at radius 2 is 2.08 bits per heavy atom. The van der Waals surface area contributed by atoms with Gasteiger partial charge >= 0.3 is 0 Å². The van der Waals surface area contributed by atoms with Gasteiger partial charge in [0.2, 0.25) is 15.9 Å². The molecule has 2 saturated heterocycles. The molecule has 8 nitrogen and oxygen atoms in total. The molecular weight excluding hydrogens is 525 g/mol. The predicted molar refractivity (Wildman–Crippen MR) is 139 cm³/mol. The lowest BCUT2D eigenvalue weighted by molar-refractivity contribution is -0.118. The largest absolute Gasteiger partial charge is 0.308 e. The fourth-order valence-corrected chi connectivity index (χ4v) is 6.73. The van der Waals surface area contributed by atoms with E-state index in [0.717, 1.165) is 29.2 Å². The Balaban J connectivity index is 1.29. The van der Waals surface area contributed by atoms with Crippen LogP contribution in [-0.2, 0) is 21.4 Å². The van der Waals surface area contributed by atoms with Crippen molar-refractivity contribution in [2.75, 3.05) is 24.5 Å². The summed E-state index contributed by atoms with van der Waals surface area (Å²) in [5.74, 6) is -0.225. The van der Waals surface area contributed by atoms with Gasteiger partial charge in [0.05, 0.1) is 22.0 Å². The van der Waals surface area contributed by atoms with Crippen molar-refractivity contribution >= 4 is 50.1 Å². The molecule has 2 aliphatic rings. The third-order valence-electron chi connectivity index (χ3n) is 6.34. The van der Waals surface area contributed by atoms with Crippen LogP contribution in [0.2, 0.25) is 4.34 Å². The second-order valence-corrected chi connectivity index (χ2v) is 12.2. The lowest BCUT2D eigenvalue weighted by atomic mass is 10.2. The number of aromatic nitrogens is 2. The molecule has 4 heterocycles. The van der Waals surface area contributed by atoms with Crippen LogP contribution in [0.3, 0.4) is 0 Å². The van der Waals surface area contributed by atoms with Gasteiger partial charge in [0.15, 0.2) is 0 Å². The summed E-state index contributed by atoms with van der Waals surface area (Å²) in [5, 5.41) is 1.09. The lowest BCUT2D eigenvalue weighted by Gasteiger charge is -2.30. The number of sulfonamides is 1. The number of allylic oxidation sites excluding steroid dienone is 1. The first kappa shape index (κ1) is 25.1. The van der Waals surface area contributed by atoms with E-state index in [1.165, 1.54) is 28.7 Å². The highest BCUT2D eigenvalue weighted by Crippen LogP contribution is 2.29. The minimum atomic E-state index is -3.90. The number of hydrogen-bond acceptors (Lipinski definition) is 6.